The number of aryl methyl sites for hydroxylation is 1. The Kier molecular flexibility index (Phi) is 13.9. The molecule has 0 saturated carbocycles. The van der Waals surface area contributed by atoms with Gasteiger partial charge in [0.1, 0.15) is 0 Å². The molecule has 36 heavy (non-hydrogen) atoms. The Balaban J connectivity index is 0.000000335. The van der Waals surface area contributed by atoms with Gasteiger partial charge in [0.05, 0.1) is 0 Å². The zero-order valence-corrected chi connectivity index (χ0v) is 23.3. The van der Waals surface area contributed by atoms with E-state index in [1.807, 2.05) is 32.2 Å². The molecule has 0 spiro atoms. The molecule has 0 bridgehead atoms. The second-order valence-corrected chi connectivity index (χ2v) is 9.64. The first-order chi connectivity index (χ1) is 17.2. The van der Waals surface area contributed by atoms with Crippen LogP contribution in [-0.4, -0.2) is 12.8 Å². The Labute approximate surface area is 220 Å². The third-order valence-electron chi connectivity index (χ3n) is 6.18. The third-order valence-corrected chi connectivity index (χ3v) is 6.18. The smallest absolute Gasteiger partial charge is 0.0384 e. The van der Waals surface area contributed by atoms with Gasteiger partial charge in [0, 0.05) is 30.3 Å². The van der Waals surface area contributed by atoms with Gasteiger partial charge < -0.3 is 10.7 Å². The first kappa shape index (κ1) is 30.6. The van der Waals surface area contributed by atoms with Crippen molar-refractivity contribution in [3.8, 4) is 0 Å². The van der Waals surface area contributed by atoms with Crippen molar-refractivity contribution in [2.24, 2.45) is 5.92 Å². The molecule has 0 aliphatic heterocycles. The Morgan fingerprint density at radius 3 is 1.69 bits per heavy atom. The highest BCUT2D eigenvalue weighted by molar-refractivity contribution is 5.81. The molecule has 3 aromatic carbocycles. The number of hydrogen-bond donors (Lipinski definition) is 2. The van der Waals surface area contributed by atoms with Gasteiger partial charge in [0.15, 0.2) is 0 Å². The largest absolute Gasteiger partial charge is 0.388 e. The molecule has 0 fully saturated rings. The zero-order chi connectivity index (χ0) is 27.0. The summed E-state index contributed by atoms with van der Waals surface area (Å²) in [7, 11) is 1.93. The van der Waals surface area contributed by atoms with E-state index in [2.05, 4.69) is 119 Å². The predicted octanol–water partition coefficient (Wildman–Crippen LogP) is 9.49. The number of nitrogens with one attached hydrogen (secondary N) is 2. The second-order valence-electron chi connectivity index (χ2n) is 9.64. The average Bonchev–Trinajstić information content (AvgIpc) is 2.89. The van der Waals surface area contributed by atoms with E-state index in [4.69, 9.17) is 5.41 Å². The summed E-state index contributed by atoms with van der Waals surface area (Å²) in [4.78, 5) is 0. The van der Waals surface area contributed by atoms with Crippen molar-refractivity contribution in [3.63, 3.8) is 0 Å². The van der Waals surface area contributed by atoms with E-state index < -0.39 is 0 Å². The van der Waals surface area contributed by atoms with Crippen LogP contribution in [0.15, 0.2) is 110 Å². The second kappa shape index (κ2) is 16.3. The standard InChI is InChI=1S/C19H21N.C9H13N.C6H12/c1-15(14-16(2)20)19(3,17-10-6-4-7-11-17)18-12-8-5-9-13-18;1-3-8-4-6-9(10-2)7-5-8;1-4-5-6(2)3/h4-13,20H,1,14H2,2-3H3;4-7,10H,3H2,1-2H3;4,6H,1,5H2,2-3H3. The molecule has 3 aromatic rings. The Morgan fingerprint density at radius 1 is 0.917 bits per heavy atom. The molecule has 0 aliphatic rings. The minimum atomic E-state index is -0.259. The number of rotatable bonds is 9. The lowest BCUT2D eigenvalue weighted by molar-refractivity contribution is 0.664. The minimum absolute atomic E-state index is 0.259. The summed E-state index contributed by atoms with van der Waals surface area (Å²) >= 11 is 0. The summed E-state index contributed by atoms with van der Waals surface area (Å²) in [5.41, 5.74) is 6.45. The quantitative estimate of drug-likeness (QED) is 0.231. The van der Waals surface area contributed by atoms with Gasteiger partial charge in [-0.1, -0.05) is 112 Å². The van der Waals surface area contributed by atoms with Gasteiger partial charge in [-0.3, -0.25) is 0 Å². The number of hydrogen-bond acceptors (Lipinski definition) is 2. The van der Waals surface area contributed by atoms with Crippen molar-refractivity contribution in [1.82, 2.24) is 0 Å². The van der Waals surface area contributed by atoms with E-state index in [1.165, 1.54) is 22.4 Å². The topological polar surface area (TPSA) is 35.9 Å². The van der Waals surface area contributed by atoms with Gasteiger partial charge in [-0.05, 0) is 61.4 Å². The van der Waals surface area contributed by atoms with Crippen LogP contribution in [0.1, 0.15) is 64.2 Å². The molecule has 0 saturated heterocycles. The van der Waals surface area contributed by atoms with Crippen LogP contribution in [-0.2, 0) is 11.8 Å². The van der Waals surface area contributed by atoms with Crippen LogP contribution >= 0.6 is 0 Å². The normalized spacial score (nSPS) is 10.3. The molecule has 0 atom stereocenters. The summed E-state index contributed by atoms with van der Waals surface area (Å²) in [6, 6.07) is 29.3. The maximum atomic E-state index is 7.77. The number of anilines is 1. The van der Waals surface area contributed by atoms with E-state index in [0.717, 1.165) is 24.3 Å². The van der Waals surface area contributed by atoms with Crippen LogP contribution in [0.25, 0.3) is 0 Å². The van der Waals surface area contributed by atoms with Crippen molar-refractivity contribution < 1.29 is 0 Å². The lowest BCUT2D eigenvalue weighted by Crippen LogP contribution is -2.27. The molecule has 0 aliphatic carbocycles. The van der Waals surface area contributed by atoms with Gasteiger partial charge in [-0.25, -0.2) is 0 Å². The zero-order valence-electron chi connectivity index (χ0n) is 23.3. The lowest BCUT2D eigenvalue weighted by atomic mass is 9.70. The van der Waals surface area contributed by atoms with Crippen molar-refractivity contribution in [3.05, 3.63) is 126 Å². The number of benzene rings is 3. The van der Waals surface area contributed by atoms with E-state index in [0.29, 0.717) is 12.1 Å². The van der Waals surface area contributed by atoms with Crippen LogP contribution < -0.4 is 5.32 Å². The van der Waals surface area contributed by atoms with Gasteiger partial charge in [0.25, 0.3) is 0 Å². The summed E-state index contributed by atoms with van der Waals surface area (Å²) < 4.78 is 0. The molecule has 2 nitrogen and oxygen atoms in total. The molecule has 0 radical (unpaired) electrons. The molecule has 0 aromatic heterocycles. The Bertz CT molecular complexity index is 969. The fourth-order valence-corrected chi connectivity index (χ4v) is 3.86. The highest BCUT2D eigenvalue weighted by Crippen LogP contribution is 2.39. The number of allylic oxidation sites excluding steroid dienone is 2. The average molecular weight is 483 g/mol. The van der Waals surface area contributed by atoms with Crippen molar-refractivity contribution in [2.45, 2.75) is 59.3 Å². The van der Waals surface area contributed by atoms with Gasteiger partial charge in [-0.15, -0.1) is 6.58 Å². The van der Waals surface area contributed by atoms with Crippen molar-refractivity contribution >= 4 is 11.4 Å². The monoisotopic (exact) mass is 482 g/mol. The maximum absolute atomic E-state index is 7.77. The highest BCUT2D eigenvalue weighted by atomic mass is 14.8. The van der Waals surface area contributed by atoms with Crippen molar-refractivity contribution in [1.29, 1.82) is 5.41 Å². The first-order valence-electron chi connectivity index (χ1n) is 12.9. The maximum Gasteiger partial charge on any atom is 0.0384 e. The fraction of sp³-hybridized carbons (Fsp3) is 0.324. The van der Waals surface area contributed by atoms with Gasteiger partial charge >= 0.3 is 0 Å². The van der Waals surface area contributed by atoms with Crippen LogP contribution in [0.4, 0.5) is 5.69 Å². The molecule has 2 heteroatoms. The predicted molar refractivity (Wildman–Crippen MR) is 162 cm³/mol. The molecule has 0 amide bonds. The molecule has 3 rings (SSSR count). The third kappa shape index (κ3) is 10.1. The van der Waals surface area contributed by atoms with E-state index in [9.17, 15) is 0 Å². The van der Waals surface area contributed by atoms with Gasteiger partial charge in [-0.2, -0.15) is 0 Å². The molecular weight excluding hydrogens is 436 g/mol. The molecule has 0 heterocycles. The van der Waals surface area contributed by atoms with Gasteiger partial charge in [0.2, 0.25) is 0 Å². The summed E-state index contributed by atoms with van der Waals surface area (Å²) in [5, 5.41) is 10.8. The first-order valence-corrected chi connectivity index (χ1v) is 12.9. The van der Waals surface area contributed by atoms with Crippen LogP contribution in [0.2, 0.25) is 0 Å². The van der Waals surface area contributed by atoms with E-state index in [1.54, 1.807) is 0 Å². The van der Waals surface area contributed by atoms with Crippen LogP contribution in [0.3, 0.4) is 0 Å². The Hall–Kier alpha value is -3.39. The molecular formula is C34H46N2. The van der Waals surface area contributed by atoms with Crippen LogP contribution in [0, 0.1) is 11.3 Å². The van der Waals surface area contributed by atoms with E-state index >= 15 is 0 Å². The fourth-order valence-electron chi connectivity index (χ4n) is 3.86. The molecule has 192 valence electrons. The lowest BCUT2D eigenvalue weighted by Gasteiger charge is -2.33. The minimum Gasteiger partial charge on any atom is -0.388 e. The molecule has 2 N–H and O–H groups in total. The van der Waals surface area contributed by atoms with E-state index in [-0.39, 0.29) is 5.41 Å². The van der Waals surface area contributed by atoms with Crippen molar-refractivity contribution in [2.75, 3.05) is 12.4 Å². The highest BCUT2D eigenvalue weighted by Gasteiger charge is 2.31. The summed E-state index contributed by atoms with van der Waals surface area (Å²) in [5.74, 6) is 0.780. The SMILES string of the molecule is C=C(CC(C)=N)C(C)(c1ccccc1)c1ccccc1.C=CCC(C)C.CCc1ccc(NC)cc1. The summed E-state index contributed by atoms with van der Waals surface area (Å²) in [6.07, 6.45) is 4.83. The Morgan fingerprint density at radius 2 is 1.39 bits per heavy atom. The molecule has 0 unspecified atom stereocenters. The summed E-state index contributed by atoms with van der Waals surface area (Å²) in [6.45, 7) is 18.4. The van der Waals surface area contributed by atoms with Crippen LogP contribution in [0.5, 0.6) is 0 Å².